The third-order valence-electron chi connectivity index (χ3n) is 6.02. The lowest BCUT2D eigenvalue weighted by atomic mass is 10.0. The fourth-order valence-electron chi connectivity index (χ4n) is 4.49. The van der Waals surface area contributed by atoms with Crippen LogP contribution in [0, 0.1) is 6.92 Å². The molecule has 5 rings (SSSR count). The van der Waals surface area contributed by atoms with Crippen LogP contribution in [0.15, 0.2) is 83.8 Å². The number of aromatic nitrogens is 1. The van der Waals surface area contributed by atoms with Crippen LogP contribution >= 0.6 is 0 Å². The van der Waals surface area contributed by atoms with Crippen molar-refractivity contribution in [2.75, 3.05) is 4.31 Å². The van der Waals surface area contributed by atoms with Gasteiger partial charge < -0.3 is 4.74 Å². The summed E-state index contributed by atoms with van der Waals surface area (Å²) in [5, 5.41) is 10.0. The summed E-state index contributed by atoms with van der Waals surface area (Å²) < 4.78 is 33.8. The maximum absolute atomic E-state index is 13.3. The molecule has 0 saturated heterocycles. The number of benzene rings is 3. The molecule has 0 aliphatic carbocycles. The third-order valence-corrected chi connectivity index (χ3v) is 7.93. The Balaban J connectivity index is 1.42. The van der Waals surface area contributed by atoms with Gasteiger partial charge in [0.25, 0.3) is 10.0 Å². The molecule has 2 N–H and O–H groups in total. The number of para-hydroxylation sites is 1. The number of ether oxygens (including phenoxy) is 1. The highest BCUT2D eigenvalue weighted by Gasteiger charge is 2.43. The zero-order valence-electron chi connectivity index (χ0n) is 18.9. The topological polar surface area (TPSA) is 109 Å². The van der Waals surface area contributed by atoms with Crippen molar-refractivity contribution in [3.05, 3.63) is 95.7 Å². The molecule has 8 nitrogen and oxygen atoms in total. The first-order valence-electron chi connectivity index (χ1n) is 11.0. The minimum absolute atomic E-state index is 0.149. The maximum Gasteiger partial charge on any atom is 0.265 e. The molecule has 2 heterocycles. The van der Waals surface area contributed by atoms with E-state index in [4.69, 9.17) is 9.94 Å². The van der Waals surface area contributed by atoms with Crippen molar-refractivity contribution < 1.29 is 23.2 Å². The summed E-state index contributed by atoms with van der Waals surface area (Å²) in [6.07, 6.45) is -0.223. The molecule has 0 unspecified atom stereocenters. The van der Waals surface area contributed by atoms with E-state index in [2.05, 4.69) is 4.98 Å². The average molecular weight is 490 g/mol. The van der Waals surface area contributed by atoms with Crippen molar-refractivity contribution in [1.29, 1.82) is 0 Å². The Labute approximate surface area is 202 Å². The normalized spacial score (nSPS) is 16.2. The van der Waals surface area contributed by atoms with E-state index >= 15 is 0 Å². The zero-order chi connectivity index (χ0) is 24.6. The molecule has 0 saturated carbocycles. The van der Waals surface area contributed by atoms with Crippen LogP contribution in [0.5, 0.6) is 5.75 Å². The lowest BCUT2D eigenvalue weighted by Gasteiger charge is -2.25. The first kappa shape index (κ1) is 22.8. The van der Waals surface area contributed by atoms with Crippen LogP contribution in [0.3, 0.4) is 0 Å². The Morgan fingerprint density at radius 1 is 1.06 bits per heavy atom. The molecule has 35 heavy (non-hydrogen) atoms. The quantitative estimate of drug-likeness (QED) is 0.309. The second-order valence-electron chi connectivity index (χ2n) is 8.32. The molecular formula is C26H23N3O5S. The van der Waals surface area contributed by atoms with Crippen LogP contribution in [0.1, 0.15) is 29.3 Å². The summed E-state index contributed by atoms with van der Waals surface area (Å²) in [6, 6.07) is 22.4. The summed E-state index contributed by atoms with van der Waals surface area (Å²) in [6.45, 7) is 2.27. The molecule has 0 spiro atoms. The molecule has 1 aliphatic heterocycles. The van der Waals surface area contributed by atoms with Crippen molar-refractivity contribution in [3.63, 3.8) is 0 Å². The molecule has 1 aliphatic rings. The summed E-state index contributed by atoms with van der Waals surface area (Å²) in [5.74, 6) is -0.0993. The van der Waals surface area contributed by atoms with Gasteiger partial charge >= 0.3 is 0 Å². The molecule has 1 aromatic heterocycles. The fourth-order valence-corrected chi connectivity index (χ4v) is 6.37. The van der Waals surface area contributed by atoms with E-state index in [0.717, 1.165) is 22.2 Å². The molecule has 1 amide bonds. The molecule has 0 bridgehead atoms. The first-order chi connectivity index (χ1) is 16.9. The number of amides is 1. The number of nitrogens with zero attached hydrogens (tertiary/aromatic N) is 2. The van der Waals surface area contributed by atoms with Gasteiger partial charge in [-0.2, -0.15) is 0 Å². The van der Waals surface area contributed by atoms with Gasteiger partial charge in [-0.05, 0) is 55.0 Å². The number of anilines is 1. The molecule has 0 fully saturated rings. The standard InChI is InChI=1S/C26H23N3O5S/c1-17-14-18(21-6-2-4-8-23(21)27-17)16-34-20-12-10-19(11-13-20)29-24(15-26(30)28-31)22-7-3-5-9-25(22)35(29,32)33/h2-14,24,31H,15-16H2,1H3,(H,28,30)/t24-/m1/s1. The van der Waals surface area contributed by atoms with Crippen molar-refractivity contribution in [3.8, 4) is 5.75 Å². The predicted molar refractivity (Wildman–Crippen MR) is 131 cm³/mol. The van der Waals surface area contributed by atoms with Crippen molar-refractivity contribution >= 4 is 32.5 Å². The molecule has 9 heteroatoms. The van der Waals surface area contributed by atoms with Crippen LogP contribution in [0.2, 0.25) is 0 Å². The summed E-state index contributed by atoms with van der Waals surface area (Å²) >= 11 is 0. The molecule has 3 aromatic carbocycles. The SMILES string of the molecule is Cc1cc(COc2ccc(N3[C@H](CC(=O)NO)c4ccccc4S3(=O)=O)cc2)c2ccccc2n1. The Morgan fingerprint density at radius 2 is 1.77 bits per heavy atom. The van der Waals surface area contributed by atoms with Gasteiger partial charge in [-0.3, -0.25) is 19.3 Å². The number of rotatable bonds is 6. The van der Waals surface area contributed by atoms with Gasteiger partial charge in [-0.25, -0.2) is 13.9 Å². The number of hydroxylamine groups is 1. The number of nitrogens with one attached hydrogen (secondary N) is 1. The molecular weight excluding hydrogens is 466 g/mol. The lowest BCUT2D eigenvalue weighted by Crippen LogP contribution is -2.32. The molecule has 1 atom stereocenters. The number of hydrogen-bond acceptors (Lipinski definition) is 6. The van der Waals surface area contributed by atoms with Crippen molar-refractivity contribution in [2.24, 2.45) is 0 Å². The highest BCUT2D eigenvalue weighted by molar-refractivity contribution is 7.93. The second kappa shape index (κ2) is 9.01. The maximum atomic E-state index is 13.3. The zero-order valence-corrected chi connectivity index (χ0v) is 19.7. The van der Waals surface area contributed by atoms with Crippen molar-refractivity contribution in [2.45, 2.75) is 30.9 Å². The monoisotopic (exact) mass is 489 g/mol. The van der Waals surface area contributed by atoms with E-state index in [0.29, 0.717) is 23.6 Å². The van der Waals surface area contributed by atoms with E-state index in [9.17, 15) is 13.2 Å². The van der Waals surface area contributed by atoms with E-state index < -0.39 is 22.0 Å². The van der Waals surface area contributed by atoms with Gasteiger partial charge in [0.1, 0.15) is 12.4 Å². The fraction of sp³-hybridized carbons (Fsp3) is 0.154. The minimum Gasteiger partial charge on any atom is -0.489 e. The minimum atomic E-state index is -3.88. The first-order valence-corrected chi connectivity index (χ1v) is 12.5. The highest BCUT2D eigenvalue weighted by atomic mass is 32.2. The highest BCUT2D eigenvalue weighted by Crippen LogP contribution is 2.44. The summed E-state index contributed by atoms with van der Waals surface area (Å²) in [4.78, 5) is 16.6. The van der Waals surface area contributed by atoms with E-state index in [1.807, 2.05) is 37.3 Å². The van der Waals surface area contributed by atoms with Gasteiger partial charge in [0.2, 0.25) is 5.91 Å². The summed E-state index contributed by atoms with van der Waals surface area (Å²) in [7, 11) is -3.88. The van der Waals surface area contributed by atoms with Gasteiger partial charge in [-0.1, -0.05) is 36.4 Å². The van der Waals surface area contributed by atoms with E-state index in [1.165, 1.54) is 10.4 Å². The number of aryl methyl sites for hydroxylation is 1. The predicted octanol–water partition coefficient (Wildman–Crippen LogP) is 4.27. The van der Waals surface area contributed by atoms with Crippen LogP contribution in [-0.4, -0.2) is 24.5 Å². The number of fused-ring (bicyclic) bond motifs is 2. The Hall–Kier alpha value is -3.95. The number of pyridine rings is 1. The van der Waals surface area contributed by atoms with Crippen LogP contribution < -0.4 is 14.5 Å². The van der Waals surface area contributed by atoms with Gasteiger partial charge in [-0.15, -0.1) is 0 Å². The number of carbonyl (C=O) groups excluding carboxylic acids is 1. The number of carbonyl (C=O) groups is 1. The Bertz CT molecular complexity index is 1520. The van der Waals surface area contributed by atoms with Crippen molar-refractivity contribution in [1.82, 2.24) is 10.5 Å². The second-order valence-corrected chi connectivity index (χ2v) is 10.1. The smallest absolute Gasteiger partial charge is 0.265 e. The molecule has 178 valence electrons. The number of sulfonamides is 1. The lowest BCUT2D eigenvalue weighted by molar-refractivity contribution is -0.129. The van der Waals surface area contributed by atoms with Crippen LogP contribution in [0.4, 0.5) is 5.69 Å². The van der Waals surface area contributed by atoms with E-state index in [-0.39, 0.29) is 11.3 Å². The number of hydrogen-bond donors (Lipinski definition) is 2. The molecule has 4 aromatic rings. The van der Waals surface area contributed by atoms with Gasteiger partial charge in [0.15, 0.2) is 0 Å². The Morgan fingerprint density at radius 3 is 2.54 bits per heavy atom. The molecule has 0 radical (unpaired) electrons. The van der Waals surface area contributed by atoms with Crippen LogP contribution in [-0.2, 0) is 21.4 Å². The Kier molecular flexibility index (Phi) is 5.88. The summed E-state index contributed by atoms with van der Waals surface area (Å²) in [5.41, 5.74) is 5.31. The van der Waals surface area contributed by atoms with Gasteiger partial charge in [0, 0.05) is 16.6 Å². The van der Waals surface area contributed by atoms with E-state index in [1.54, 1.807) is 47.9 Å². The largest absolute Gasteiger partial charge is 0.489 e. The average Bonchev–Trinajstić information content (AvgIpc) is 3.09. The van der Waals surface area contributed by atoms with Gasteiger partial charge in [0.05, 0.1) is 28.6 Å². The van der Waals surface area contributed by atoms with Crippen LogP contribution in [0.25, 0.3) is 10.9 Å². The third kappa shape index (κ3) is 4.20.